The van der Waals surface area contributed by atoms with Gasteiger partial charge in [-0.15, -0.1) is 16.9 Å². The van der Waals surface area contributed by atoms with Gasteiger partial charge in [0.1, 0.15) is 11.6 Å². The first-order chi connectivity index (χ1) is 8.78. The Morgan fingerprint density at radius 1 is 1.33 bits per heavy atom. The molecular weight excluding hydrogens is 246 g/mol. The Kier molecular flexibility index (Phi) is 4.52. The van der Waals surface area contributed by atoms with Gasteiger partial charge in [0, 0.05) is 6.42 Å². The molecule has 0 saturated carbocycles. The lowest BCUT2D eigenvalue weighted by Gasteiger charge is -2.01. The van der Waals surface area contributed by atoms with Crippen molar-refractivity contribution in [2.45, 2.75) is 24.4 Å². The molecule has 0 amide bonds. The van der Waals surface area contributed by atoms with Crippen LogP contribution in [0.4, 0.5) is 0 Å². The van der Waals surface area contributed by atoms with Gasteiger partial charge in [-0.2, -0.15) is 0 Å². The van der Waals surface area contributed by atoms with Crippen LogP contribution in [0.15, 0.2) is 41.6 Å². The SMILES string of the molecule is CSc1cn(CC(=O)CCc2ccccc2)nn1. The number of thioether (sulfide) groups is 1. The third kappa shape index (κ3) is 3.70. The second-order valence-corrected chi connectivity index (χ2v) is 4.81. The first-order valence-corrected chi connectivity index (χ1v) is 7.00. The first-order valence-electron chi connectivity index (χ1n) is 5.77. The lowest BCUT2D eigenvalue weighted by molar-refractivity contribution is -0.119. The number of aryl methyl sites for hydroxylation is 1. The lowest BCUT2D eigenvalue weighted by atomic mass is 10.1. The number of ketones is 1. The molecule has 0 atom stereocenters. The average Bonchev–Trinajstić information content (AvgIpc) is 2.85. The first kappa shape index (κ1) is 12.8. The van der Waals surface area contributed by atoms with E-state index in [2.05, 4.69) is 10.3 Å². The summed E-state index contributed by atoms with van der Waals surface area (Å²) >= 11 is 1.52. The summed E-state index contributed by atoms with van der Waals surface area (Å²) in [5, 5.41) is 8.68. The van der Waals surface area contributed by atoms with E-state index in [4.69, 9.17) is 0 Å². The van der Waals surface area contributed by atoms with E-state index in [-0.39, 0.29) is 5.78 Å². The molecule has 0 fully saturated rings. The summed E-state index contributed by atoms with van der Waals surface area (Å²) in [6.45, 7) is 0.306. The van der Waals surface area contributed by atoms with Crippen molar-refractivity contribution < 1.29 is 4.79 Å². The molecule has 0 spiro atoms. The predicted molar refractivity (Wildman–Crippen MR) is 71.6 cm³/mol. The second kappa shape index (κ2) is 6.35. The van der Waals surface area contributed by atoms with Gasteiger partial charge in [0.05, 0.1) is 6.20 Å². The fourth-order valence-corrected chi connectivity index (χ4v) is 1.98. The van der Waals surface area contributed by atoms with E-state index in [1.165, 1.54) is 17.3 Å². The Balaban J connectivity index is 1.82. The molecule has 0 bridgehead atoms. The normalized spacial score (nSPS) is 10.5. The molecule has 5 heteroatoms. The second-order valence-electron chi connectivity index (χ2n) is 3.98. The minimum absolute atomic E-state index is 0.177. The number of hydrogen-bond acceptors (Lipinski definition) is 4. The molecule has 1 aromatic heterocycles. The summed E-state index contributed by atoms with van der Waals surface area (Å²) in [5.74, 6) is 0.177. The quantitative estimate of drug-likeness (QED) is 0.748. The molecule has 0 aliphatic heterocycles. The van der Waals surface area contributed by atoms with Gasteiger partial charge in [0.15, 0.2) is 5.78 Å². The lowest BCUT2D eigenvalue weighted by Crippen LogP contribution is -2.11. The summed E-state index contributed by atoms with van der Waals surface area (Å²) in [6.07, 6.45) is 5.05. The van der Waals surface area contributed by atoms with E-state index in [0.29, 0.717) is 13.0 Å². The zero-order chi connectivity index (χ0) is 12.8. The molecule has 4 nitrogen and oxygen atoms in total. The highest BCUT2D eigenvalue weighted by Crippen LogP contribution is 2.09. The van der Waals surface area contributed by atoms with E-state index in [9.17, 15) is 4.79 Å². The number of Topliss-reactive ketones (excluding diaryl/α,β-unsaturated/α-hetero) is 1. The highest BCUT2D eigenvalue weighted by Gasteiger charge is 2.06. The minimum Gasteiger partial charge on any atom is -0.298 e. The van der Waals surface area contributed by atoms with Crippen LogP contribution in [0.3, 0.4) is 0 Å². The van der Waals surface area contributed by atoms with Gasteiger partial charge in [-0.05, 0) is 18.2 Å². The Morgan fingerprint density at radius 3 is 2.78 bits per heavy atom. The molecule has 94 valence electrons. The number of aromatic nitrogens is 3. The summed E-state index contributed by atoms with van der Waals surface area (Å²) < 4.78 is 1.60. The molecule has 0 N–H and O–H groups in total. The number of rotatable bonds is 6. The molecule has 1 heterocycles. The summed E-state index contributed by atoms with van der Waals surface area (Å²) in [7, 11) is 0. The summed E-state index contributed by atoms with van der Waals surface area (Å²) in [5.41, 5.74) is 1.19. The van der Waals surface area contributed by atoms with Gasteiger partial charge >= 0.3 is 0 Å². The molecule has 0 unspecified atom stereocenters. The molecule has 2 rings (SSSR count). The zero-order valence-corrected chi connectivity index (χ0v) is 11.1. The number of carbonyl (C=O) groups is 1. The maximum Gasteiger partial charge on any atom is 0.154 e. The van der Waals surface area contributed by atoms with Crippen LogP contribution in [0.5, 0.6) is 0 Å². The monoisotopic (exact) mass is 261 g/mol. The Morgan fingerprint density at radius 2 is 2.11 bits per heavy atom. The number of carbonyl (C=O) groups excluding carboxylic acids is 1. The van der Waals surface area contributed by atoms with E-state index in [1.807, 2.05) is 36.6 Å². The largest absolute Gasteiger partial charge is 0.298 e. The fourth-order valence-electron chi connectivity index (χ4n) is 1.64. The Hall–Kier alpha value is -1.62. The van der Waals surface area contributed by atoms with E-state index in [1.54, 1.807) is 10.9 Å². The van der Waals surface area contributed by atoms with E-state index < -0.39 is 0 Å². The molecule has 1 aromatic carbocycles. The van der Waals surface area contributed by atoms with Crippen molar-refractivity contribution in [3.63, 3.8) is 0 Å². The Bertz CT molecular complexity index is 510. The third-order valence-electron chi connectivity index (χ3n) is 2.60. The van der Waals surface area contributed by atoms with Crippen LogP contribution in [-0.4, -0.2) is 27.0 Å². The van der Waals surface area contributed by atoms with Gasteiger partial charge < -0.3 is 0 Å². The van der Waals surface area contributed by atoms with Crippen LogP contribution >= 0.6 is 11.8 Å². The maximum atomic E-state index is 11.8. The van der Waals surface area contributed by atoms with Gasteiger partial charge in [0.2, 0.25) is 0 Å². The molecule has 0 aliphatic carbocycles. The van der Waals surface area contributed by atoms with E-state index >= 15 is 0 Å². The van der Waals surface area contributed by atoms with Crippen molar-refractivity contribution in [1.82, 2.24) is 15.0 Å². The topological polar surface area (TPSA) is 47.8 Å². The predicted octanol–water partition coefficient (Wildman–Crippen LogP) is 2.20. The Labute approximate surface area is 110 Å². The molecular formula is C13H15N3OS. The molecule has 0 aliphatic rings. The summed E-state index contributed by atoms with van der Waals surface area (Å²) in [4.78, 5) is 11.8. The number of hydrogen-bond donors (Lipinski definition) is 0. The van der Waals surface area contributed by atoms with Gasteiger partial charge in [0.25, 0.3) is 0 Å². The van der Waals surface area contributed by atoms with Crippen LogP contribution < -0.4 is 0 Å². The molecule has 18 heavy (non-hydrogen) atoms. The molecule has 0 saturated heterocycles. The van der Waals surface area contributed by atoms with Crippen molar-refractivity contribution >= 4 is 17.5 Å². The van der Waals surface area contributed by atoms with Crippen molar-refractivity contribution in [2.24, 2.45) is 0 Å². The fraction of sp³-hybridized carbons (Fsp3) is 0.308. The van der Waals surface area contributed by atoms with Crippen LogP contribution in [0, 0.1) is 0 Å². The van der Waals surface area contributed by atoms with Crippen molar-refractivity contribution in [3.8, 4) is 0 Å². The molecule has 2 aromatic rings. The smallest absolute Gasteiger partial charge is 0.154 e. The third-order valence-corrected chi connectivity index (χ3v) is 3.21. The van der Waals surface area contributed by atoms with Crippen LogP contribution in [-0.2, 0) is 17.8 Å². The van der Waals surface area contributed by atoms with Crippen LogP contribution in [0.2, 0.25) is 0 Å². The minimum atomic E-state index is 0.177. The zero-order valence-electron chi connectivity index (χ0n) is 10.2. The van der Waals surface area contributed by atoms with Crippen LogP contribution in [0.1, 0.15) is 12.0 Å². The van der Waals surface area contributed by atoms with Crippen LogP contribution in [0.25, 0.3) is 0 Å². The standard InChI is InChI=1S/C13H15N3OS/c1-18-13-10-16(15-14-13)9-12(17)8-7-11-5-3-2-4-6-11/h2-6,10H,7-9H2,1H3. The molecule has 0 radical (unpaired) electrons. The maximum absolute atomic E-state index is 11.8. The van der Waals surface area contributed by atoms with Crippen molar-refractivity contribution in [2.75, 3.05) is 6.26 Å². The average molecular weight is 261 g/mol. The van der Waals surface area contributed by atoms with Gasteiger partial charge in [-0.25, -0.2) is 4.68 Å². The number of benzene rings is 1. The van der Waals surface area contributed by atoms with Crippen molar-refractivity contribution in [3.05, 3.63) is 42.1 Å². The van der Waals surface area contributed by atoms with Gasteiger partial charge in [-0.3, -0.25) is 4.79 Å². The summed E-state index contributed by atoms with van der Waals surface area (Å²) in [6, 6.07) is 10.0. The van der Waals surface area contributed by atoms with Gasteiger partial charge in [-0.1, -0.05) is 35.5 Å². The van der Waals surface area contributed by atoms with E-state index in [0.717, 1.165) is 11.4 Å². The highest BCUT2D eigenvalue weighted by molar-refractivity contribution is 7.98. The van der Waals surface area contributed by atoms with Crippen molar-refractivity contribution in [1.29, 1.82) is 0 Å². The highest BCUT2D eigenvalue weighted by atomic mass is 32.2. The number of nitrogens with zero attached hydrogens (tertiary/aromatic N) is 3.